The van der Waals surface area contributed by atoms with E-state index in [2.05, 4.69) is 11.4 Å². The van der Waals surface area contributed by atoms with Crippen LogP contribution in [0.3, 0.4) is 0 Å². The van der Waals surface area contributed by atoms with Gasteiger partial charge < -0.3 is 10.4 Å². The smallest absolute Gasteiger partial charge is 0.0457 e. The minimum atomic E-state index is 0.274. The number of aliphatic hydroxyl groups is 1. The number of nitrogens with one attached hydrogen (secondary N) is 1. The molecule has 2 N–H and O–H groups in total. The van der Waals surface area contributed by atoms with Crippen LogP contribution in [0.4, 0.5) is 0 Å². The second-order valence-corrected chi connectivity index (χ2v) is 3.04. The Labute approximate surface area is 67.6 Å². The molecule has 0 aliphatic carbocycles. The predicted octanol–water partition coefficient (Wildman–Crippen LogP) is 1.05. The summed E-state index contributed by atoms with van der Waals surface area (Å²) in [5.41, 5.74) is 0. The first-order valence-corrected chi connectivity index (χ1v) is 4.03. The Morgan fingerprint density at radius 2 is 2.36 bits per heavy atom. The van der Waals surface area contributed by atoms with Crippen LogP contribution in [0.5, 0.6) is 0 Å². The highest BCUT2D eigenvalue weighted by Crippen LogP contribution is 2.07. The van der Waals surface area contributed by atoms with Crippen LogP contribution in [0.25, 0.3) is 0 Å². The zero-order valence-electron chi connectivity index (χ0n) is 6.83. The highest BCUT2D eigenvalue weighted by atomic mass is 16.3. The number of hydrogen-bond acceptors (Lipinski definition) is 2. The second kappa shape index (κ2) is 4.19. The van der Waals surface area contributed by atoms with Gasteiger partial charge in [-0.05, 0) is 24.6 Å². The highest BCUT2D eigenvalue weighted by molar-refractivity contribution is 5.11. The minimum absolute atomic E-state index is 0.274. The van der Waals surface area contributed by atoms with Gasteiger partial charge in [0.15, 0.2) is 0 Å². The van der Waals surface area contributed by atoms with Gasteiger partial charge in [0.25, 0.3) is 0 Å². The van der Waals surface area contributed by atoms with Gasteiger partial charge in [-0.1, -0.05) is 19.1 Å². The SMILES string of the molecule is C[C@@H](CO)CC1C=CC=CN1. The van der Waals surface area contributed by atoms with Gasteiger partial charge in [-0.3, -0.25) is 0 Å². The van der Waals surface area contributed by atoms with Gasteiger partial charge >= 0.3 is 0 Å². The molecule has 2 atom stereocenters. The lowest BCUT2D eigenvalue weighted by Gasteiger charge is -2.18. The third kappa shape index (κ3) is 2.76. The summed E-state index contributed by atoms with van der Waals surface area (Å²) >= 11 is 0. The van der Waals surface area contributed by atoms with Crippen molar-refractivity contribution in [1.29, 1.82) is 0 Å². The third-order valence-electron chi connectivity index (χ3n) is 1.83. The van der Waals surface area contributed by atoms with Crippen LogP contribution in [-0.2, 0) is 0 Å². The first-order chi connectivity index (χ1) is 5.33. The van der Waals surface area contributed by atoms with Gasteiger partial charge in [0.2, 0.25) is 0 Å². The number of dihydropyridines is 1. The maximum Gasteiger partial charge on any atom is 0.0457 e. The van der Waals surface area contributed by atoms with E-state index >= 15 is 0 Å². The van der Waals surface area contributed by atoms with Gasteiger partial charge in [-0.25, -0.2) is 0 Å². The molecule has 1 aliphatic heterocycles. The van der Waals surface area contributed by atoms with E-state index in [0.717, 1.165) is 6.42 Å². The zero-order valence-corrected chi connectivity index (χ0v) is 6.83. The van der Waals surface area contributed by atoms with E-state index in [9.17, 15) is 0 Å². The summed E-state index contributed by atoms with van der Waals surface area (Å²) in [5, 5.41) is 12.0. The standard InChI is InChI=1S/C9H15NO/c1-8(7-11)6-9-4-2-3-5-10-9/h2-5,8-11H,6-7H2,1H3/t8-,9?/m1/s1. The monoisotopic (exact) mass is 153 g/mol. The number of aliphatic hydroxyl groups excluding tert-OH is 1. The number of rotatable bonds is 3. The zero-order chi connectivity index (χ0) is 8.10. The topological polar surface area (TPSA) is 32.3 Å². The van der Waals surface area contributed by atoms with Crippen molar-refractivity contribution in [3.05, 3.63) is 24.4 Å². The highest BCUT2D eigenvalue weighted by Gasteiger charge is 2.08. The molecule has 1 aliphatic rings. The first kappa shape index (κ1) is 8.34. The van der Waals surface area contributed by atoms with E-state index in [4.69, 9.17) is 5.11 Å². The average molecular weight is 153 g/mol. The molecular formula is C9H15NO. The summed E-state index contributed by atoms with van der Waals surface area (Å²) in [6.07, 6.45) is 9.06. The van der Waals surface area contributed by atoms with Crippen LogP contribution in [0.2, 0.25) is 0 Å². The van der Waals surface area contributed by atoms with Crippen LogP contribution in [0, 0.1) is 5.92 Å². The molecule has 0 bridgehead atoms. The molecule has 62 valence electrons. The molecule has 2 heteroatoms. The van der Waals surface area contributed by atoms with Crippen molar-refractivity contribution in [2.45, 2.75) is 19.4 Å². The van der Waals surface area contributed by atoms with E-state index in [1.807, 2.05) is 25.3 Å². The van der Waals surface area contributed by atoms with Crippen molar-refractivity contribution in [1.82, 2.24) is 5.32 Å². The lowest BCUT2D eigenvalue weighted by molar-refractivity contribution is 0.225. The summed E-state index contributed by atoms with van der Waals surface area (Å²) in [7, 11) is 0. The van der Waals surface area contributed by atoms with Crippen molar-refractivity contribution in [3.63, 3.8) is 0 Å². The lowest BCUT2D eigenvalue weighted by atomic mass is 10.0. The molecule has 0 fully saturated rings. The van der Waals surface area contributed by atoms with Gasteiger partial charge in [-0.2, -0.15) is 0 Å². The molecule has 1 heterocycles. The van der Waals surface area contributed by atoms with Crippen LogP contribution in [-0.4, -0.2) is 17.8 Å². The fraction of sp³-hybridized carbons (Fsp3) is 0.556. The Bertz CT molecular complexity index is 163. The van der Waals surface area contributed by atoms with Gasteiger partial charge in [0.05, 0.1) is 0 Å². The number of hydrogen-bond donors (Lipinski definition) is 2. The summed E-state index contributed by atoms with van der Waals surface area (Å²) in [6.45, 7) is 2.32. The number of allylic oxidation sites excluding steroid dienone is 2. The van der Waals surface area contributed by atoms with Crippen LogP contribution in [0.15, 0.2) is 24.4 Å². The molecule has 1 rings (SSSR count). The molecule has 0 spiro atoms. The summed E-state index contributed by atoms with van der Waals surface area (Å²) < 4.78 is 0. The van der Waals surface area contributed by atoms with Crippen LogP contribution < -0.4 is 5.32 Å². The Balaban J connectivity index is 2.27. The Kier molecular flexibility index (Phi) is 3.17. The molecule has 0 aromatic heterocycles. The minimum Gasteiger partial charge on any atom is -0.396 e. The van der Waals surface area contributed by atoms with Gasteiger partial charge in [0, 0.05) is 12.6 Å². The van der Waals surface area contributed by atoms with E-state index in [1.54, 1.807) is 0 Å². The molecule has 0 radical (unpaired) electrons. The molecule has 0 saturated carbocycles. The van der Waals surface area contributed by atoms with E-state index in [0.29, 0.717) is 12.0 Å². The normalized spacial score (nSPS) is 24.7. The van der Waals surface area contributed by atoms with Gasteiger partial charge in [-0.15, -0.1) is 0 Å². The largest absolute Gasteiger partial charge is 0.396 e. The molecule has 0 saturated heterocycles. The Morgan fingerprint density at radius 1 is 1.55 bits per heavy atom. The maximum absolute atomic E-state index is 8.80. The van der Waals surface area contributed by atoms with Gasteiger partial charge in [0.1, 0.15) is 0 Å². The van der Waals surface area contributed by atoms with Crippen LogP contribution >= 0.6 is 0 Å². The van der Waals surface area contributed by atoms with Crippen LogP contribution in [0.1, 0.15) is 13.3 Å². The first-order valence-electron chi connectivity index (χ1n) is 4.03. The average Bonchev–Trinajstić information content (AvgIpc) is 2.06. The summed E-state index contributed by atoms with van der Waals surface area (Å²) in [6, 6.07) is 0.405. The Morgan fingerprint density at radius 3 is 2.91 bits per heavy atom. The van der Waals surface area contributed by atoms with Crippen molar-refractivity contribution >= 4 is 0 Å². The van der Waals surface area contributed by atoms with Crippen molar-refractivity contribution in [2.75, 3.05) is 6.61 Å². The molecular weight excluding hydrogens is 138 g/mol. The summed E-state index contributed by atoms with van der Waals surface area (Å²) in [4.78, 5) is 0. The second-order valence-electron chi connectivity index (χ2n) is 3.04. The van der Waals surface area contributed by atoms with Crippen molar-refractivity contribution < 1.29 is 5.11 Å². The molecule has 1 unspecified atom stereocenters. The fourth-order valence-corrected chi connectivity index (χ4v) is 1.14. The quantitative estimate of drug-likeness (QED) is 0.635. The molecule has 0 aromatic carbocycles. The van der Waals surface area contributed by atoms with Crippen molar-refractivity contribution in [3.8, 4) is 0 Å². The molecule has 0 amide bonds. The van der Waals surface area contributed by atoms with E-state index < -0.39 is 0 Å². The Hall–Kier alpha value is -0.760. The van der Waals surface area contributed by atoms with Crippen molar-refractivity contribution in [2.24, 2.45) is 5.92 Å². The molecule has 11 heavy (non-hydrogen) atoms. The third-order valence-corrected chi connectivity index (χ3v) is 1.83. The predicted molar refractivity (Wildman–Crippen MR) is 46.1 cm³/mol. The maximum atomic E-state index is 8.80. The van der Waals surface area contributed by atoms with E-state index in [-0.39, 0.29) is 6.61 Å². The fourth-order valence-electron chi connectivity index (χ4n) is 1.14. The summed E-state index contributed by atoms with van der Waals surface area (Å²) in [5.74, 6) is 0.378. The molecule has 2 nitrogen and oxygen atoms in total. The molecule has 0 aromatic rings. The lowest BCUT2D eigenvalue weighted by Crippen LogP contribution is -2.26. The van der Waals surface area contributed by atoms with E-state index in [1.165, 1.54) is 0 Å².